The molecule has 0 radical (unpaired) electrons. The van der Waals surface area contributed by atoms with E-state index in [-0.39, 0.29) is 15.9 Å². The highest BCUT2D eigenvalue weighted by molar-refractivity contribution is 6.34. The minimum atomic E-state index is -0.879. The first-order valence-electron chi connectivity index (χ1n) is 9.24. The summed E-state index contributed by atoms with van der Waals surface area (Å²) in [6.45, 7) is 3.58. The lowest BCUT2D eigenvalue weighted by Gasteiger charge is -2.13. The number of hydrogen-bond acceptors (Lipinski definition) is 5. The molecule has 0 aliphatic carbocycles. The van der Waals surface area contributed by atoms with Gasteiger partial charge in [0.2, 0.25) is 0 Å². The number of rotatable bonds is 6. The molecule has 0 fully saturated rings. The molecule has 0 aliphatic rings. The number of pyridine rings is 1. The molecule has 31 heavy (non-hydrogen) atoms. The second-order valence-electron chi connectivity index (χ2n) is 6.71. The Labute approximate surface area is 189 Å². The van der Waals surface area contributed by atoms with Crippen LogP contribution in [0.2, 0.25) is 10.2 Å². The van der Waals surface area contributed by atoms with E-state index in [0.29, 0.717) is 17.9 Å². The van der Waals surface area contributed by atoms with Crippen LogP contribution in [0.5, 0.6) is 0 Å². The topological polar surface area (TPSA) is 97.0 Å². The first-order chi connectivity index (χ1) is 14.8. The number of esters is 1. The lowest BCUT2D eigenvalue weighted by molar-refractivity contribution is -0.119. The Bertz CT molecular complexity index is 1180. The van der Waals surface area contributed by atoms with Gasteiger partial charge in [-0.3, -0.25) is 4.79 Å². The molecule has 1 amide bonds. The van der Waals surface area contributed by atoms with E-state index in [2.05, 4.69) is 16.4 Å². The third-order valence-electron chi connectivity index (χ3n) is 4.72. The van der Waals surface area contributed by atoms with E-state index in [1.165, 1.54) is 12.1 Å². The van der Waals surface area contributed by atoms with Gasteiger partial charge < -0.3 is 14.6 Å². The van der Waals surface area contributed by atoms with Crippen LogP contribution in [0.15, 0.2) is 42.5 Å². The van der Waals surface area contributed by atoms with Crippen LogP contribution >= 0.6 is 23.2 Å². The molecular weight excluding hydrogens is 439 g/mol. The number of carbonyl (C=O) groups excluding carboxylic acids is 2. The highest BCUT2D eigenvalue weighted by Crippen LogP contribution is 2.27. The van der Waals surface area contributed by atoms with Crippen molar-refractivity contribution < 1.29 is 14.3 Å². The average Bonchev–Trinajstić information content (AvgIpc) is 2.98. The van der Waals surface area contributed by atoms with Gasteiger partial charge in [-0.25, -0.2) is 9.78 Å². The lowest BCUT2D eigenvalue weighted by atomic mass is 10.2. The molecule has 0 aliphatic heterocycles. The molecule has 0 atom stereocenters. The SMILES string of the molecule is Cc1c(C#N)c(NC(=O)COC(=O)c2nc(Cl)ccc2Cl)n(Cc2ccccc2)c1C. The van der Waals surface area contributed by atoms with E-state index < -0.39 is 18.5 Å². The number of aromatic nitrogens is 2. The molecule has 0 bridgehead atoms. The Kier molecular flexibility index (Phi) is 6.95. The monoisotopic (exact) mass is 456 g/mol. The molecule has 9 heteroatoms. The summed E-state index contributed by atoms with van der Waals surface area (Å²) in [6, 6.07) is 14.6. The van der Waals surface area contributed by atoms with E-state index >= 15 is 0 Å². The Hall–Kier alpha value is -3.34. The molecule has 0 spiro atoms. The zero-order valence-electron chi connectivity index (χ0n) is 16.8. The molecule has 2 heterocycles. The van der Waals surface area contributed by atoms with Crippen molar-refractivity contribution in [2.45, 2.75) is 20.4 Å². The molecular formula is C22H18Cl2N4O3. The van der Waals surface area contributed by atoms with Gasteiger partial charge in [-0.05, 0) is 37.1 Å². The first-order valence-corrected chi connectivity index (χ1v) is 10.00. The van der Waals surface area contributed by atoms with Crippen LogP contribution in [0.3, 0.4) is 0 Å². The number of hydrogen-bond donors (Lipinski definition) is 1. The van der Waals surface area contributed by atoms with Crippen molar-refractivity contribution in [3.8, 4) is 6.07 Å². The highest BCUT2D eigenvalue weighted by Gasteiger charge is 2.21. The van der Waals surface area contributed by atoms with Crippen LogP contribution in [0.4, 0.5) is 5.82 Å². The standard InChI is InChI=1S/C22H18Cl2N4O3/c1-13-14(2)28(11-15-6-4-3-5-7-15)21(16(13)10-25)27-19(29)12-31-22(30)20-17(23)8-9-18(24)26-20/h3-9H,11-12H2,1-2H3,(H,27,29). The number of ether oxygens (including phenoxy) is 1. The fourth-order valence-corrected chi connectivity index (χ4v) is 3.35. The zero-order valence-corrected chi connectivity index (χ0v) is 18.3. The van der Waals surface area contributed by atoms with E-state index in [0.717, 1.165) is 16.8 Å². The molecule has 1 aromatic carbocycles. The van der Waals surface area contributed by atoms with Crippen LogP contribution in [-0.4, -0.2) is 28.0 Å². The van der Waals surface area contributed by atoms with Crippen molar-refractivity contribution in [3.05, 3.63) is 80.7 Å². The van der Waals surface area contributed by atoms with Gasteiger partial charge in [-0.15, -0.1) is 0 Å². The second kappa shape index (κ2) is 9.65. The smallest absolute Gasteiger partial charge is 0.359 e. The van der Waals surface area contributed by atoms with Crippen molar-refractivity contribution in [1.82, 2.24) is 9.55 Å². The van der Waals surface area contributed by atoms with Crippen LogP contribution in [0.1, 0.15) is 32.9 Å². The summed E-state index contributed by atoms with van der Waals surface area (Å²) in [5, 5.41) is 12.4. The number of nitrogens with zero attached hydrogens (tertiary/aromatic N) is 3. The maximum absolute atomic E-state index is 12.5. The van der Waals surface area contributed by atoms with Gasteiger partial charge in [0, 0.05) is 12.2 Å². The molecule has 3 aromatic rings. The van der Waals surface area contributed by atoms with Gasteiger partial charge in [-0.2, -0.15) is 5.26 Å². The van der Waals surface area contributed by atoms with E-state index in [1.54, 1.807) is 0 Å². The fourth-order valence-electron chi connectivity index (χ4n) is 3.02. The Morgan fingerprint density at radius 1 is 1.16 bits per heavy atom. The first kappa shape index (κ1) is 22.3. The maximum atomic E-state index is 12.5. The predicted octanol–water partition coefficient (Wildman–Crippen LogP) is 4.52. The lowest BCUT2D eigenvalue weighted by Crippen LogP contribution is -2.23. The quantitative estimate of drug-likeness (QED) is 0.434. The average molecular weight is 457 g/mol. The number of halogens is 2. The van der Waals surface area contributed by atoms with Gasteiger partial charge in [0.25, 0.3) is 5.91 Å². The summed E-state index contributed by atoms with van der Waals surface area (Å²) in [5.74, 6) is -1.13. The molecule has 2 aromatic heterocycles. The summed E-state index contributed by atoms with van der Waals surface area (Å²) in [7, 11) is 0. The van der Waals surface area contributed by atoms with Gasteiger partial charge in [0.15, 0.2) is 12.3 Å². The third kappa shape index (κ3) is 5.05. The van der Waals surface area contributed by atoms with Crippen LogP contribution in [0.25, 0.3) is 0 Å². The van der Waals surface area contributed by atoms with Crippen LogP contribution in [-0.2, 0) is 16.1 Å². The van der Waals surface area contributed by atoms with Gasteiger partial charge in [-0.1, -0.05) is 53.5 Å². The molecule has 1 N–H and O–H groups in total. The van der Waals surface area contributed by atoms with Crippen molar-refractivity contribution in [2.24, 2.45) is 0 Å². The number of anilines is 1. The van der Waals surface area contributed by atoms with Gasteiger partial charge in [0.1, 0.15) is 17.0 Å². The summed E-state index contributed by atoms with van der Waals surface area (Å²) in [5.41, 5.74) is 2.79. The third-order valence-corrected chi connectivity index (χ3v) is 5.24. The largest absolute Gasteiger partial charge is 0.451 e. The van der Waals surface area contributed by atoms with Crippen LogP contribution < -0.4 is 5.32 Å². The van der Waals surface area contributed by atoms with Gasteiger partial charge in [0.05, 0.1) is 10.6 Å². The number of nitriles is 1. The highest BCUT2D eigenvalue weighted by atomic mass is 35.5. The van der Waals surface area contributed by atoms with Gasteiger partial charge >= 0.3 is 5.97 Å². The van der Waals surface area contributed by atoms with E-state index in [4.69, 9.17) is 27.9 Å². The number of nitrogens with one attached hydrogen (secondary N) is 1. The van der Waals surface area contributed by atoms with Crippen LogP contribution in [0, 0.1) is 25.2 Å². The number of carbonyl (C=O) groups is 2. The number of amides is 1. The van der Waals surface area contributed by atoms with Crippen molar-refractivity contribution >= 4 is 40.9 Å². The minimum Gasteiger partial charge on any atom is -0.451 e. The van der Waals surface area contributed by atoms with E-state index in [1.807, 2.05) is 48.7 Å². The molecule has 0 saturated heterocycles. The molecule has 0 unspecified atom stereocenters. The summed E-state index contributed by atoms with van der Waals surface area (Å²) in [6.07, 6.45) is 0. The summed E-state index contributed by atoms with van der Waals surface area (Å²) in [4.78, 5) is 28.5. The second-order valence-corrected chi connectivity index (χ2v) is 7.50. The van der Waals surface area contributed by atoms with Crippen molar-refractivity contribution in [1.29, 1.82) is 5.26 Å². The Morgan fingerprint density at radius 2 is 1.87 bits per heavy atom. The molecule has 3 rings (SSSR count). The Morgan fingerprint density at radius 3 is 2.55 bits per heavy atom. The number of benzene rings is 1. The summed E-state index contributed by atoms with van der Waals surface area (Å²) >= 11 is 11.7. The molecule has 7 nitrogen and oxygen atoms in total. The minimum absolute atomic E-state index is 0.0598. The molecule has 0 saturated carbocycles. The fraction of sp³-hybridized carbons (Fsp3) is 0.182. The van der Waals surface area contributed by atoms with E-state index in [9.17, 15) is 14.9 Å². The van der Waals surface area contributed by atoms with Crippen molar-refractivity contribution in [3.63, 3.8) is 0 Å². The Balaban J connectivity index is 1.77. The predicted molar refractivity (Wildman–Crippen MR) is 117 cm³/mol. The molecule has 158 valence electrons. The summed E-state index contributed by atoms with van der Waals surface area (Å²) < 4.78 is 6.86. The zero-order chi connectivity index (χ0) is 22.5. The normalized spacial score (nSPS) is 10.4. The van der Waals surface area contributed by atoms with Crippen molar-refractivity contribution in [2.75, 3.05) is 11.9 Å². The maximum Gasteiger partial charge on any atom is 0.359 e.